The Labute approximate surface area is 206 Å². The third-order valence-electron chi connectivity index (χ3n) is 6.78. The summed E-state index contributed by atoms with van der Waals surface area (Å²) < 4.78 is 13.8. The number of para-hydroxylation sites is 1. The van der Waals surface area contributed by atoms with Crippen LogP contribution in [0, 0.1) is 6.92 Å². The molecule has 1 fully saturated rings. The Morgan fingerprint density at radius 3 is 2.60 bits per heavy atom. The van der Waals surface area contributed by atoms with Crippen LogP contribution in [0.4, 0.5) is 0 Å². The van der Waals surface area contributed by atoms with Gasteiger partial charge in [0.2, 0.25) is 0 Å². The largest absolute Gasteiger partial charge is 0.496 e. The molecule has 4 aromatic rings. The minimum atomic E-state index is -0.261. The average molecular weight is 470 g/mol. The zero-order valence-corrected chi connectivity index (χ0v) is 20.3. The summed E-state index contributed by atoms with van der Waals surface area (Å²) in [7, 11) is 1.63. The number of aryl methyl sites for hydroxylation is 1. The van der Waals surface area contributed by atoms with E-state index in [1.807, 2.05) is 36.7 Å². The molecule has 0 saturated heterocycles. The predicted molar refractivity (Wildman–Crippen MR) is 136 cm³/mol. The first-order valence-electron chi connectivity index (χ1n) is 12.3. The Kier molecular flexibility index (Phi) is 6.70. The highest BCUT2D eigenvalue weighted by molar-refractivity contribution is 5.92. The molecule has 2 aromatic heterocycles. The zero-order valence-electron chi connectivity index (χ0n) is 20.3. The predicted octanol–water partition coefficient (Wildman–Crippen LogP) is 6.56. The quantitative estimate of drug-likeness (QED) is 0.333. The number of aromatic nitrogens is 2. The van der Waals surface area contributed by atoms with Crippen LogP contribution in [-0.4, -0.2) is 22.6 Å². The van der Waals surface area contributed by atoms with Crippen molar-refractivity contribution in [2.75, 3.05) is 7.11 Å². The van der Waals surface area contributed by atoms with E-state index in [0.29, 0.717) is 18.3 Å². The molecule has 1 saturated carbocycles. The molecular formula is C29H31N3O3. The fraction of sp³-hybridized carbons (Fsp3) is 0.310. The van der Waals surface area contributed by atoms with Crippen LogP contribution in [-0.2, 0) is 6.54 Å². The lowest BCUT2D eigenvalue weighted by Gasteiger charge is -2.24. The summed E-state index contributed by atoms with van der Waals surface area (Å²) in [6.07, 6.45) is 7.91. The number of furan rings is 1. The number of hydrogen-bond donors (Lipinski definition) is 1. The molecule has 0 atom stereocenters. The minimum absolute atomic E-state index is 0.261. The highest BCUT2D eigenvalue weighted by Crippen LogP contribution is 2.38. The van der Waals surface area contributed by atoms with Crippen molar-refractivity contribution in [1.29, 1.82) is 0 Å². The number of carbonyl (C=O) groups is 1. The van der Waals surface area contributed by atoms with Gasteiger partial charge in [0, 0.05) is 23.7 Å². The third kappa shape index (κ3) is 4.87. The molecule has 1 N–H and O–H groups in total. The normalized spacial score (nSPS) is 14.1. The van der Waals surface area contributed by atoms with Crippen molar-refractivity contribution in [3.63, 3.8) is 0 Å². The third-order valence-corrected chi connectivity index (χ3v) is 6.78. The van der Waals surface area contributed by atoms with Crippen molar-refractivity contribution >= 4 is 5.91 Å². The van der Waals surface area contributed by atoms with E-state index in [1.54, 1.807) is 13.2 Å². The van der Waals surface area contributed by atoms with Gasteiger partial charge in [0.15, 0.2) is 11.5 Å². The van der Waals surface area contributed by atoms with Crippen molar-refractivity contribution < 1.29 is 13.9 Å². The van der Waals surface area contributed by atoms with Crippen LogP contribution < -0.4 is 10.1 Å². The number of nitrogens with one attached hydrogen (secondary N) is 1. The van der Waals surface area contributed by atoms with Crippen molar-refractivity contribution in [3.05, 3.63) is 83.9 Å². The zero-order chi connectivity index (χ0) is 24.2. The maximum atomic E-state index is 12.9. The van der Waals surface area contributed by atoms with Gasteiger partial charge in [-0.05, 0) is 38.0 Å². The molecule has 0 aliphatic heterocycles. The van der Waals surface area contributed by atoms with Crippen LogP contribution in [0.5, 0.6) is 5.75 Å². The van der Waals surface area contributed by atoms with E-state index in [-0.39, 0.29) is 11.7 Å². The van der Waals surface area contributed by atoms with Crippen molar-refractivity contribution in [1.82, 2.24) is 14.9 Å². The lowest BCUT2D eigenvalue weighted by Crippen LogP contribution is -2.22. The van der Waals surface area contributed by atoms with E-state index >= 15 is 0 Å². The van der Waals surface area contributed by atoms with Crippen LogP contribution in [0.1, 0.15) is 59.8 Å². The van der Waals surface area contributed by atoms with E-state index in [2.05, 4.69) is 41.1 Å². The second-order valence-corrected chi connectivity index (χ2v) is 9.17. The van der Waals surface area contributed by atoms with Gasteiger partial charge in [-0.25, -0.2) is 4.98 Å². The lowest BCUT2D eigenvalue weighted by molar-refractivity contribution is 0.0923. The molecule has 5 rings (SSSR count). The fourth-order valence-corrected chi connectivity index (χ4v) is 4.86. The number of ether oxygens (including phenoxy) is 1. The maximum absolute atomic E-state index is 12.9. The van der Waals surface area contributed by atoms with Gasteiger partial charge < -0.3 is 19.0 Å². The number of benzene rings is 2. The lowest BCUT2D eigenvalue weighted by atomic mass is 9.95. The highest BCUT2D eigenvalue weighted by atomic mass is 16.5. The molecule has 1 aliphatic carbocycles. The van der Waals surface area contributed by atoms with Gasteiger partial charge in [-0.3, -0.25) is 4.79 Å². The van der Waals surface area contributed by atoms with E-state index in [1.165, 1.54) is 24.8 Å². The van der Waals surface area contributed by atoms with Crippen LogP contribution in [0.3, 0.4) is 0 Å². The number of nitrogens with zero attached hydrogens (tertiary/aromatic N) is 2. The molecule has 2 heterocycles. The molecule has 0 radical (unpaired) electrons. The smallest absolute Gasteiger partial charge is 0.287 e. The van der Waals surface area contributed by atoms with Crippen LogP contribution >= 0.6 is 0 Å². The maximum Gasteiger partial charge on any atom is 0.287 e. The molecule has 0 unspecified atom stereocenters. The highest BCUT2D eigenvalue weighted by Gasteiger charge is 2.25. The summed E-state index contributed by atoms with van der Waals surface area (Å²) in [4.78, 5) is 17.7. The summed E-state index contributed by atoms with van der Waals surface area (Å²) in [6.45, 7) is 2.43. The molecule has 0 bridgehead atoms. The van der Waals surface area contributed by atoms with Crippen LogP contribution in [0.25, 0.3) is 22.7 Å². The summed E-state index contributed by atoms with van der Waals surface area (Å²) in [6, 6.07) is 20.0. The Balaban J connectivity index is 1.44. The summed E-state index contributed by atoms with van der Waals surface area (Å²) >= 11 is 0. The number of hydrogen-bond acceptors (Lipinski definition) is 4. The van der Waals surface area contributed by atoms with Crippen LogP contribution in [0.15, 0.2) is 71.4 Å². The van der Waals surface area contributed by atoms with Gasteiger partial charge in [0.25, 0.3) is 5.91 Å². The van der Waals surface area contributed by atoms with Crippen LogP contribution in [0.2, 0.25) is 0 Å². The van der Waals surface area contributed by atoms with Gasteiger partial charge in [-0.2, -0.15) is 0 Å². The topological polar surface area (TPSA) is 69.3 Å². The fourth-order valence-electron chi connectivity index (χ4n) is 4.86. The molecule has 1 aliphatic rings. The molecule has 0 spiro atoms. The number of carbonyl (C=O) groups excluding carboxylic acids is 1. The molecular weight excluding hydrogens is 438 g/mol. The number of imidazole rings is 1. The van der Waals surface area contributed by atoms with E-state index in [4.69, 9.17) is 14.1 Å². The Morgan fingerprint density at radius 1 is 1.06 bits per heavy atom. The number of methoxy groups -OCH3 is 1. The standard InChI is InChI=1S/C29H31N3O3/c1-20-12-14-21(15-13-20)27-28(32(19-31-27)23-9-4-3-5-10-23)25-16-17-26(35-25)29(33)30-18-22-8-6-7-11-24(22)34-2/h6-8,11-17,19,23H,3-5,9-10,18H2,1-2H3,(H,30,33). The Hall–Kier alpha value is -3.80. The summed E-state index contributed by atoms with van der Waals surface area (Å²) in [5.41, 5.74) is 4.97. The molecule has 180 valence electrons. The van der Waals surface area contributed by atoms with Gasteiger partial charge in [-0.15, -0.1) is 0 Å². The van der Waals surface area contributed by atoms with E-state index < -0.39 is 0 Å². The first-order chi connectivity index (χ1) is 17.1. The molecule has 6 nitrogen and oxygen atoms in total. The first kappa shape index (κ1) is 23.0. The van der Waals surface area contributed by atoms with Gasteiger partial charge >= 0.3 is 0 Å². The Morgan fingerprint density at radius 2 is 1.83 bits per heavy atom. The molecule has 35 heavy (non-hydrogen) atoms. The second-order valence-electron chi connectivity index (χ2n) is 9.17. The van der Waals surface area contributed by atoms with Crippen molar-refractivity contribution in [2.24, 2.45) is 0 Å². The van der Waals surface area contributed by atoms with Gasteiger partial charge in [-0.1, -0.05) is 67.3 Å². The van der Waals surface area contributed by atoms with Crippen molar-refractivity contribution in [3.8, 4) is 28.5 Å². The molecule has 1 amide bonds. The number of amides is 1. The molecule has 2 aromatic carbocycles. The number of rotatable bonds is 7. The average Bonchev–Trinajstić information content (AvgIpc) is 3.56. The van der Waals surface area contributed by atoms with Crippen molar-refractivity contribution in [2.45, 2.75) is 51.6 Å². The second kappa shape index (κ2) is 10.2. The first-order valence-corrected chi connectivity index (χ1v) is 12.3. The SMILES string of the molecule is COc1ccccc1CNC(=O)c1ccc(-c2c(-c3ccc(C)cc3)ncn2C2CCCCC2)o1. The summed E-state index contributed by atoms with van der Waals surface area (Å²) in [5.74, 6) is 1.42. The molecule has 6 heteroatoms. The monoisotopic (exact) mass is 469 g/mol. The minimum Gasteiger partial charge on any atom is -0.496 e. The van der Waals surface area contributed by atoms with E-state index in [0.717, 1.165) is 41.1 Å². The summed E-state index contributed by atoms with van der Waals surface area (Å²) in [5, 5.41) is 2.94. The van der Waals surface area contributed by atoms with Gasteiger partial charge in [0.05, 0.1) is 19.1 Å². The van der Waals surface area contributed by atoms with Gasteiger partial charge in [0.1, 0.15) is 11.4 Å². The van der Waals surface area contributed by atoms with E-state index in [9.17, 15) is 4.79 Å². The Bertz CT molecular complexity index is 1300.